The fourth-order valence-corrected chi connectivity index (χ4v) is 4.30. The van der Waals surface area contributed by atoms with Gasteiger partial charge in [0.15, 0.2) is 4.80 Å². The van der Waals surface area contributed by atoms with Crippen molar-refractivity contribution < 1.29 is 4.74 Å². The molecule has 0 radical (unpaired) electrons. The third-order valence-corrected chi connectivity index (χ3v) is 5.51. The summed E-state index contributed by atoms with van der Waals surface area (Å²) in [6.07, 6.45) is 0. The summed E-state index contributed by atoms with van der Waals surface area (Å²) in [4.78, 5) is 7.03. The smallest absolute Gasteiger partial charge is 0.195 e. The Morgan fingerprint density at radius 3 is 2.31 bits per heavy atom. The normalized spacial score (nSPS) is 11.2. The molecule has 2 aromatic heterocycles. The summed E-state index contributed by atoms with van der Waals surface area (Å²) in [5.41, 5.74) is 3.18. The van der Waals surface area contributed by atoms with Crippen LogP contribution in [0.4, 0.5) is 5.69 Å². The monoisotopic (exact) mass is 444 g/mol. The van der Waals surface area contributed by atoms with E-state index < -0.39 is 0 Å². The number of ether oxygens (including phenoxy) is 1. The zero-order valence-electron chi connectivity index (χ0n) is 14.0. The summed E-state index contributed by atoms with van der Waals surface area (Å²) in [5.74, 6) is 0.834. The minimum absolute atomic E-state index is 0. The van der Waals surface area contributed by atoms with Gasteiger partial charge < -0.3 is 4.74 Å². The van der Waals surface area contributed by atoms with Gasteiger partial charge >= 0.3 is 0 Å². The van der Waals surface area contributed by atoms with E-state index in [1.807, 2.05) is 30.3 Å². The summed E-state index contributed by atoms with van der Waals surface area (Å²) in [5, 5.41) is 4.27. The van der Waals surface area contributed by atoms with Gasteiger partial charge in [-0.3, -0.25) is 4.57 Å². The molecule has 0 unspecified atom stereocenters. The Balaban J connectivity index is 0.00000196. The van der Waals surface area contributed by atoms with Gasteiger partial charge in [-0.05, 0) is 47.8 Å². The second kappa shape index (κ2) is 8.49. The molecule has 0 saturated carbocycles. The van der Waals surface area contributed by atoms with Crippen molar-refractivity contribution in [2.24, 2.45) is 4.99 Å². The Morgan fingerprint density at radius 1 is 0.885 bits per heavy atom. The van der Waals surface area contributed by atoms with Gasteiger partial charge in [-0.2, -0.15) is 0 Å². The highest BCUT2D eigenvalue weighted by molar-refractivity contribution is 8.93. The lowest BCUT2D eigenvalue weighted by atomic mass is 10.3. The Kier molecular flexibility index (Phi) is 6.08. The third kappa shape index (κ3) is 3.82. The molecule has 0 aliphatic rings. The molecule has 3 nitrogen and oxygen atoms in total. The van der Waals surface area contributed by atoms with Crippen LogP contribution in [0.2, 0.25) is 0 Å². The Morgan fingerprint density at radius 2 is 1.65 bits per heavy atom. The number of hydrogen-bond donors (Lipinski definition) is 0. The van der Waals surface area contributed by atoms with E-state index in [1.165, 1.54) is 10.6 Å². The fraction of sp³-hybridized carbons (Fsp3) is 0.0500. The quantitative estimate of drug-likeness (QED) is 0.374. The van der Waals surface area contributed by atoms with Gasteiger partial charge in [0.25, 0.3) is 0 Å². The van der Waals surface area contributed by atoms with E-state index >= 15 is 0 Å². The highest BCUT2D eigenvalue weighted by Crippen LogP contribution is 2.28. The third-order valence-electron chi connectivity index (χ3n) is 3.79. The lowest BCUT2D eigenvalue weighted by Gasteiger charge is -2.07. The molecule has 4 aromatic rings. The SMILES string of the molecule is Br.COc1ccc(N=c2scc(-c3cccs3)n2-c2ccccc2)cc1. The molecule has 6 heteroatoms. The van der Waals surface area contributed by atoms with Crippen LogP contribution < -0.4 is 9.54 Å². The van der Waals surface area contributed by atoms with Crippen LogP contribution in [-0.2, 0) is 0 Å². The first kappa shape index (κ1) is 18.6. The van der Waals surface area contributed by atoms with Crippen molar-refractivity contribution in [3.8, 4) is 22.0 Å². The first-order chi connectivity index (χ1) is 12.3. The van der Waals surface area contributed by atoms with E-state index in [0.717, 1.165) is 21.9 Å². The van der Waals surface area contributed by atoms with Crippen LogP contribution in [0.1, 0.15) is 0 Å². The van der Waals surface area contributed by atoms with Crippen LogP contribution in [0.15, 0.2) is 82.5 Å². The van der Waals surface area contributed by atoms with Gasteiger partial charge in [-0.1, -0.05) is 24.3 Å². The first-order valence-corrected chi connectivity index (χ1v) is 9.60. The molecule has 0 saturated heterocycles. The van der Waals surface area contributed by atoms with Crippen molar-refractivity contribution in [2.75, 3.05) is 7.11 Å². The second-order valence-corrected chi connectivity index (χ2v) is 7.15. The predicted octanol–water partition coefficient (Wildman–Crippen LogP) is 6.09. The number of para-hydroxylation sites is 1. The molecule has 0 N–H and O–H groups in total. The van der Waals surface area contributed by atoms with Crippen LogP contribution in [-0.4, -0.2) is 11.7 Å². The number of hydrogen-bond acceptors (Lipinski definition) is 4. The summed E-state index contributed by atoms with van der Waals surface area (Å²) < 4.78 is 7.43. The Hall–Kier alpha value is -2.15. The zero-order chi connectivity index (χ0) is 17.1. The molecule has 26 heavy (non-hydrogen) atoms. The summed E-state index contributed by atoms with van der Waals surface area (Å²) in [6, 6.07) is 22.4. The summed E-state index contributed by atoms with van der Waals surface area (Å²) >= 11 is 3.38. The number of thiazole rings is 1. The predicted molar refractivity (Wildman–Crippen MR) is 115 cm³/mol. The Labute approximate surface area is 170 Å². The summed E-state index contributed by atoms with van der Waals surface area (Å²) in [6.45, 7) is 0. The number of aromatic nitrogens is 1. The van der Waals surface area contributed by atoms with E-state index in [-0.39, 0.29) is 17.0 Å². The molecule has 0 fully saturated rings. The summed E-state index contributed by atoms with van der Waals surface area (Å²) in [7, 11) is 1.67. The standard InChI is InChI=1S/C20H16N2OS2.BrH/c1-23-17-11-9-15(10-12-17)21-20-22(16-6-3-2-4-7-16)18(14-25-20)19-8-5-13-24-19;/h2-14H,1H3;1H. The number of thiophene rings is 1. The van der Waals surface area contributed by atoms with Gasteiger partial charge in [0.2, 0.25) is 0 Å². The van der Waals surface area contributed by atoms with Crippen molar-refractivity contribution in [1.29, 1.82) is 0 Å². The molecule has 0 bridgehead atoms. The molecular formula is C20H17BrN2OS2. The van der Waals surface area contributed by atoms with Crippen molar-refractivity contribution in [3.63, 3.8) is 0 Å². The maximum atomic E-state index is 5.22. The molecule has 2 aromatic carbocycles. The van der Waals surface area contributed by atoms with Crippen LogP contribution in [0.25, 0.3) is 16.3 Å². The largest absolute Gasteiger partial charge is 0.497 e. The first-order valence-electron chi connectivity index (χ1n) is 7.84. The van der Waals surface area contributed by atoms with E-state index in [4.69, 9.17) is 9.73 Å². The zero-order valence-corrected chi connectivity index (χ0v) is 17.4. The lowest BCUT2D eigenvalue weighted by molar-refractivity contribution is 0.415. The van der Waals surface area contributed by atoms with Gasteiger partial charge in [0, 0.05) is 11.1 Å². The van der Waals surface area contributed by atoms with Crippen molar-refractivity contribution in [1.82, 2.24) is 4.57 Å². The highest BCUT2D eigenvalue weighted by Gasteiger charge is 2.10. The fourth-order valence-electron chi connectivity index (χ4n) is 2.58. The van der Waals surface area contributed by atoms with Crippen molar-refractivity contribution in [2.45, 2.75) is 0 Å². The van der Waals surface area contributed by atoms with E-state index in [2.05, 4.69) is 51.7 Å². The van der Waals surface area contributed by atoms with Crippen LogP contribution >= 0.6 is 39.7 Å². The molecular weight excluding hydrogens is 428 g/mol. The minimum Gasteiger partial charge on any atom is -0.497 e. The number of halogens is 1. The van der Waals surface area contributed by atoms with Crippen LogP contribution in [0.3, 0.4) is 0 Å². The molecule has 0 aliphatic heterocycles. The lowest BCUT2D eigenvalue weighted by Crippen LogP contribution is -2.13. The Bertz CT molecular complexity index is 1020. The van der Waals surface area contributed by atoms with Crippen molar-refractivity contribution in [3.05, 3.63) is 82.3 Å². The number of rotatable bonds is 4. The van der Waals surface area contributed by atoms with Crippen LogP contribution in [0, 0.1) is 0 Å². The number of methoxy groups -OCH3 is 1. The van der Waals surface area contributed by atoms with Gasteiger partial charge in [0.1, 0.15) is 5.75 Å². The minimum atomic E-state index is 0. The molecule has 2 heterocycles. The average Bonchev–Trinajstić information content (AvgIpc) is 3.32. The van der Waals surface area contributed by atoms with E-state index in [1.54, 1.807) is 29.8 Å². The van der Waals surface area contributed by atoms with Gasteiger partial charge in [-0.15, -0.1) is 39.7 Å². The maximum absolute atomic E-state index is 5.22. The molecule has 0 spiro atoms. The second-order valence-electron chi connectivity index (χ2n) is 5.36. The average molecular weight is 445 g/mol. The molecule has 132 valence electrons. The van der Waals surface area contributed by atoms with E-state index in [0.29, 0.717) is 0 Å². The van der Waals surface area contributed by atoms with Gasteiger partial charge in [0.05, 0.1) is 23.4 Å². The molecule has 0 atom stereocenters. The molecule has 0 aliphatic carbocycles. The van der Waals surface area contributed by atoms with Crippen molar-refractivity contribution >= 4 is 45.3 Å². The number of benzene rings is 2. The molecule has 4 rings (SSSR count). The van der Waals surface area contributed by atoms with E-state index in [9.17, 15) is 0 Å². The topological polar surface area (TPSA) is 26.5 Å². The number of nitrogens with zero attached hydrogens (tertiary/aromatic N) is 2. The van der Waals surface area contributed by atoms with Crippen LogP contribution in [0.5, 0.6) is 5.75 Å². The van der Waals surface area contributed by atoms with Gasteiger partial charge in [-0.25, -0.2) is 4.99 Å². The maximum Gasteiger partial charge on any atom is 0.195 e. The molecule has 0 amide bonds. The highest BCUT2D eigenvalue weighted by atomic mass is 79.9.